The van der Waals surface area contributed by atoms with E-state index in [-0.39, 0.29) is 0 Å². The molecule has 1 aliphatic rings. The molecule has 0 radical (unpaired) electrons. The maximum Gasteiger partial charge on any atom is 0.0714 e. The molecule has 1 heterocycles. The predicted octanol–water partition coefficient (Wildman–Crippen LogP) is 11.3. The Balaban J connectivity index is 1.23. The lowest BCUT2D eigenvalue weighted by atomic mass is 9.67. The third-order valence-corrected chi connectivity index (χ3v) is 10.2. The Hall–Kier alpha value is -5.18. The second-order valence-corrected chi connectivity index (χ2v) is 12.5. The van der Waals surface area contributed by atoms with E-state index in [4.69, 9.17) is 0 Å². The molecule has 9 rings (SSSR count). The molecular weight excluding hydrogens is 539 g/mol. The highest BCUT2D eigenvalue weighted by Gasteiger charge is 2.46. The maximum absolute atomic E-state index is 3.80. The summed E-state index contributed by atoms with van der Waals surface area (Å²) in [7, 11) is 0. The average Bonchev–Trinajstić information content (AvgIpc) is 3.59. The fourth-order valence-corrected chi connectivity index (χ4v) is 8.42. The van der Waals surface area contributed by atoms with Gasteiger partial charge in [0, 0.05) is 31.5 Å². The molecule has 0 amide bonds. The molecule has 0 bridgehead atoms. The molecule has 202 valence electrons. The summed E-state index contributed by atoms with van der Waals surface area (Å²) in [5, 5.41) is 9.05. The SMILES string of the molecule is c1ccc(C2(c3ccccc3)c3ccccc3-c3ccc(Nc4ccc5sc6ccc7ccccc7c6c5c4)cc32)cc1. The number of rotatable bonds is 4. The minimum Gasteiger partial charge on any atom is -0.355 e. The first-order chi connectivity index (χ1) is 21.3. The van der Waals surface area contributed by atoms with Gasteiger partial charge in [-0.3, -0.25) is 0 Å². The van der Waals surface area contributed by atoms with Gasteiger partial charge in [-0.25, -0.2) is 0 Å². The zero-order valence-electron chi connectivity index (χ0n) is 23.4. The maximum atomic E-state index is 3.80. The molecule has 1 nitrogen and oxygen atoms in total. The summed E-state index contributed by atoms with van der Waals surface area (Å²) in [5.41, 5.74) is 9.58. The highest BCUT2D eigenvalue weighted by Crippen LogP contribution is 2.56. The van der Waals surface area contributed by atoms with E-state index in [0.29, 0.717) is 0 Å². The van der Waals surface area contributed by atoms with Gasteiger partial charge < -0.3 is 5.32 Å². The smallest absolute Gasteiger partial charge is 0.0714 e. The largest absolute Gasteiger partial charge is 0.355 e. The van der Waals surface area contributed by atoms with E-state index < -0.39 is 5.41 Å². The highest BCUT2D eigenvalue weighted by molar-refractivity contribution is 7.26. The Bertz CT molecular complexity index is 2280. The summed E-state index contributed by atoms with van der Waals surface area (Å²) >= 11 is 1.87. The van der Waals surface area contributed by atoms with E-state index in [1.807, 2.05) is 11.3 Å². The van der Waals surface area contributed by atoms with E-state index >= 15 is 0 Å². The van der Waals surface area contributed by atoms with Crippen LogP contribution in [0.5, 0.6) is 0 Å². The molecule has 0 saturated carbocycles. The van der Waals surface area contributed by atoms with Gasteiger partial charge in [0.1, 0.15) is 0 Å². The quantitative estimate of drug-likeness (QED) is 0.224. The van der Waals surface area contributed by atoms with E-state index in [1.54, 1.807) is 0 Å². The minimum atomic E-state index is -0.404. The zero-order valence-corrected chi connectivity index (χ0v) is 24.2. The van der Waals surface area contributed by atoms with Crippen molar-refractivity contribution in [2.24, 2.45) is 0 Å². The van der Waals surface area contributed by atoms with Crippen molar-refractivity contribution < 1.29 is 0 Å². The van der Waals surface area contributed by atoms with Crippen LogP contribution in [0.2, 0.25) is 0 Å². The van der Waals surface area contributed by atoms with Crippen LogP contribution in [0.25, 0.3) is 42.1 Å². The molecule has 0 atom stereocenters. The molecule has 0 aliphatic heterocycles. The van der Waals surface area contributed by atoms with Gasteiger partial charge in [0.05, 0.1) is 5.41 Å². The molecule has 0 saturated heterocycles. The lowest BCUT2D eigenvalue weighted by Gasteiger charge is -2.34. The standard InChI is InChI=1S/C41H27NS/c1-3-12-28(13-4-1)41(29-14-5-2-6-15-29)36-18-10-9-17-33(36)34-22-20-31(26-37(34)41)42-30-21-24-38-35(25-30)40-32-16-8-7-11-27(32)19-23-39(40)43-38/h1-26,42H. The molecule has 0 spiro atoms. The van der Waals surface area contributed by atoms with Crippen LogP contribution in [0.1, 0.15) is 22.3 Å². The number of nitrogens with one attached hydrogen (secondary N) is 1. The van der Waals surface area contributed by atoms with Crippen LogP contribution in [0.3, 0.4) is 0 Å². The summed E-state index contributed by atoms with van der Waals surface area (Å²) in [5.74, 6) is 0. The van der Waals surface area contributed by atoms with Gasteiger partial charge in [-0.1, -0.05) is 121 Å². The first kappa shape index (κ1) is 24.4. The summed E-state index contributed by atoms with van der Waals surface area (Å²) in [4.78, 5) is 0. The van der Waals surface area contributed by atoms with Crippen molar-refractivity contribution in [1.82, 2.24) is 0 Å². The van der Waals surface area contributed by atoms with Crippen molar-refractivity contribution in [3.63, 3.8) is 0 Å². The Morgan fingerprint density at radius 2 is 1.07 bits per heavy atom. The van der Waals surface area contributed by atoms with Gasteiger partial charge in [0.25, 0.3) is 0 Å². The summed E-state index contributed by atoms with van der Waals surface area (Å²) in [6.45, 7) is 0. The molecule has 8 aromatic rings. The van der Waals surface area contributed by atoms with Crippen molar-refractivity contribution in [3.8, 4) is 11.1 Å². The average molecular weight is 566 g/mol. The Kier molecular flexibility index (Phi) is 5.35. The zero-order chi connectivity index (χ0) is 28.4. The third kappa shape index (κ3) is 3.57. The molecule has 0 unspecified atom stereocenters. The van der Waals surface area contributed by atoms with Crippen molar-refractivity contribution in [2.75, 3.05) is 5.32 Å². The Labute approximate surface area is 254 Å². The van der Waals surface area contributed by atoms with Crippen LogP contribution in [-0.4, -0.2) is 0 Å². The third-order valence-electron chi connectivity index (χ3n) is 9.11. The van der Waals surface area contributed by atoms with E-state index in [9.17, 15) is 0 Å². The van der Waals surface area contributed by atoms with Gasteiger partial charge in [-0.05, 0) is 80.6 Å². The second-order valence-electron chi connectivity index (χ2n) is 11.4. The van der Waals surface area contributed by atoms with Gasteiger partial charge in [-0.2, -0.15) is 0 Å². The van der Waals surface area contributed by atoms with Crippen LogP contribution in [0, 0.1) is 0 Å². The second kappa shape index (κ2) is 9.42. The fourth-order valence-electron chi connectivity index (χ4n) is 7.31. The predicted molar refractivity (Wildman–Crippen MR) is 184 cm³/mol. The molecule has 1 aromatic heterocycles. The van der Waals surface area contributed by atoms with Crippen LogP contribution in [0.4, 0.5) is 11.4 Å². The van der Waals surface area contributed by atoms with Crippen LogP contribution < -0.4 is 5.32 Å². The normalized spacial score (nSPS) is 13.3. The van der Waals surface area contributed by atoms with E-state index in [1.165, 1.54) is 64.3 Å². The number of thiophene rings is 1. The monoisotopic (exact) mass is 565 g/mol. The number of hydrogen-bond donors (Lipinski definition) is 1. The molecule has 7 aromatic carbocycles. The number of anilines is 2. The van der Waals surface area contributed by atoms with Crippen LogP contribution >= 0.6 is 11.3 Å². The van der Waals surface area contributed by atoms with Gasteiger partial charge in [0.2, 0.25) is 0 Å². The summed E-state index contributed by atoms with van der Waals surface area (Å²) in [6.07, 6.45) is 0. The minimum absolute atomic E-state index is 0.404. The van der Waals surface area contributed by atoms with Crippen molar-refractivity contribution >= 4 is 53.7 Å². The Morgan fingerprint density at radius 3 is 1.88 bits per heavy atom. The lowest BCUT2D eigenvalue weighted by molar-refractivity contribution is 0.769. The van der Waals surface area contributed by atoms with E-state index in [2.05, 4.69) is 163 Å². The van der Waals surface area contributed by atoms with Gasteiger partial charge in [-0.15, -0.1) is 11.3 Å². The molecule has 43 heavy (non-hydrogen) atoms. The number of fused-ring (bicyclic) bond motifs is 8. The van der Waals surface area contributed by atoms with Crippen molar-refractivity contribution in [2.45, 2.75) is 5.41 Å². The Morgan fingerprint density at radius 1 is 0.442 bits per heavy atom. The van der Waals surface area contributed by atoms with Gasteiger partial charge in [0.15, 0.2) is 0 Å². The topological polar surface area (TPSA) is 12.0 Å². The summed E-state index contributed by atoms with van der Waals surface area (Å²) < 4.78 is 2.64. The van der Waals surface area contributed by atoms with Gasteiger partial charge >= 0.3 is 0 Å². The van der Waals surface area contributed by atoms with Crippen molar-refractivity contribution in [3.05, 3.63) is 180 Å². The fraction of sp³-hybridized carbons (Fsp3) is 0.0244. The lowest BCUT2D eigenvalue weighted by Crippen LogP contribution is -2.28. The molecular formula is C41H27NS. The van der Waals surface area contributed by atoms with Crippen LogP contribution in [0.15, 0.2) is 158 Å². The molecule has 1 N–H and O–H groups in total. The van der Waals surface area contributed by atoms with Crippen LogP contribution in [-0.2, 0) is 5.41 Å². The van der Waals surface area contributed by atoms with Crippen molar-refractivity contribution in [1.29, 1.82) is 0 Å². The molecule has 0 fully saturated rings. The first-order valence-corrected chi connectivity index (χ1v) is 15.6. The summed E-state index contributed by atoms with van der Waals surface area (Å²) in [6, 6.07) is 57.8. The molecule has 2 heteroatoms. The number of hydrogen-bond acceptors (Lipinski definition) is 2. The number of benzene rings is 7. The molecule has 1 aliphatic carbocycles. The first-order valence-electron chi connectivity index (χ1n) is 14.8. The highest BCUT2D eigenvalue weighted by atomic mass is 32.1. The van der Waals surface area contributed by atoms with E-state index in [0.717, 1.165) is 11.4 Å².